The molecule has 0 radical (unpaired) electrons. The van der Waals surface area contributed by atoms with Gasteiger partial charge < -0.3 is 15.8 Å². The number of carbonyl (C=O) groups is 1. The Morgan fingerprint density at radius 1 is 1.42 bits per heavy atom. The molecule has 2 aromatic rings. The fourth-order valence-electron chi connectivity index (χ4n) is 1.76. The van der Waals surface area contributed by atoms with Gasteiger partial charge in [-0.3, -0.25) is 4.79 Å². The van der Waals surface area contributed by atoms with Crippen LogP contribution in [0, 0.1) is 6.92 Å². The number of hydrogen-bond acceptors (Lipinski definition) is 4. The van der Waals surface area contributed by atoms with Gasteiger partial charge in [0, 0.05) is 17.0 Å². The van der Waals surface area contributed by atoms with Gasteiger partial charge in [0.05, 0.1) is 12.8 Å². The molecule has 0 saturated heterocycles. The third-order valence-electron chi connectivity index (χ3n) is 2.89. The summed E-state index contributed by atoms with van der Waals surface area (Å²) in [5.74, 6) is 0.247. The molecule has 4 nitrogen and oxygen atoms in total. The maximum absolute atomic E-state index is 11.2. The summed E-state index contributed by atoms with van der Waals surface area (Å²) in [6.45, 7) is 2.77. The highest BCUT2D eigenvalue weighted by Gasteiger charge is 2.08. The van der Waals surface area contributed by atoms with Crippen LogP contribution in [0.25, 0.3) is 0 Å². The number of hydrogen-bond donors (Lipinski definition) is 2. The Hall–Kier alpha value is -2.01. The summed E-state index contributed by atoms with van der Waals surface area (Å²) in [5, 5.41) is 5.34. The van der Waals surface area contributed by atoms with Crippen molar-refractivity contribution in [1.29, 1.82) is 0 Å². The summed E-state index contributed by atoms with van der Waals surface area (Å²) < 4.78 is 5.27. The third-order valence-corrected chi connectivity index (χ3v) is 3.91. The molecule has 19 heavy (non-hydrogen) atoms. The van der Waals surface area contributed by atoms with Gasteiger partial charge in [-0.15, -0.1) is 11.3 Å². The summed E-state index contributed by atoms with van der Waals surface area (Å²) >= 11 is 1.70. The van der Waals surface area contributed by atoms with Crippen molar-refractivity contribution >= 4 is 22.9 Å². The highest BCUT2D eigenvalue weighted by atomic mass is 32.1. The second-order valence-corrected chi connectivity index (χ2v) is 5.16. The van der Waals surface area contributed by atoms with E-state index in [0.29, 0.717) is 17.9 Å². The molecule has 3 N–H and O–H groups in total. The lowest BCUT2D eigenvalue weighted by Crippen LogP contribution is -2.11. The smallest absolute Gasteiger partial charge is 0.248 e. The highest BCUT2D eigenvalue weighted by Crippen LogP contribution is 2.27. The Bertz CT molecular complexity index is 593. The van der Waals surface area contributed by atoms with Crippen LogP contribution in [-0.2, 0) is 6.54 Å². The second kappa shape index (κ2) is 5.75. The molecule has 0 fully saturated rings. The van der Waals surface area contributed by atoms with Gasteiger partial charge in [-0.2, -0.15) is 0 Å². The molecule has 0 spiro atoms. The molecule has 1 aromatic heterocycles. The number of rotatable bonds is 5. The average Bonchev–Trinajstić information content (AvgIpc) is 2.81. The van der Waals surface area contributed by atoms with Crippen LogP contribution >= 0.6 is 11.3 Å². The maximum Gasteiger partial charge on any atom is 0.248 e. The first-order valence-electron chi connectivity index (χ1n) is 5.86. The van der Waals surface area contributed by atoms with Crippen molar-refractivity contribution in [2.24, 2.45) is 5.73 Å². The minimum absolute atomic E-state index is 0.446. The first-order chi connectivity index (χ1) is 9.11. The standard InChI is InChI=1S/C14H16N2O2S/c1-9-5-6-19-13(9)8-16-11-7-10(14(15)17)3-4-12(11)18-2/h3-7,16H,8H2,1-2H3,(H2,15,17). The number of ether oxygens (including phenoxy) is 1. The molecule has 0 aliphatic heterocycles. The lowest BCUT2D eigenvalue weighted by Gasteiger charge is -2.12. The Kier molecular flexibility index (Phi) is 4.06. The lowest BCUT2D eigenvalue weighted by molar-refractivity contribution is 0.100. The molecule has 0 aliphatic rings. The van der Waals surface area contributed by atoms with Crippen LogP contribution in [-0.4, -0.2) is 13.0 Å². The fourth-order valence-corrected chi connectivity index (χ4v) is 2.61. The minimum Gasteiger partial charge on any atom is -0.495 e. The van der Waals surface area contributed by atoms with E-state index in [1.165, 1.54) is 10.4 Å². The number of carbonyl (C=O) groups excluding carboxylic acids is 1. The number of aryl methyl sites for hydroxylation is 1. The van der Waals surface area contributed by atoms with Crippen LogP contribution in [0.4, 0.5) is 5.69 Å². The van der Waals surface area contributed by atoms with Crippen molar-refractivity contribution in [2.45, 2.75) is 13.5 Å². The molecule has 0 saturated carbocycles. The highest BCUT2D eigenvalue weighted by molar-refractivity contribution is 7.10. The van der Waals surface area contributed by atoms with Gasteiger partial charge in [-0.1, -0.05) is 0 Å². The van der Waals surface area contributed by atoms with E-state index in [-0.39, 0.29) is 0 Å². The van der Waals surface area contributed by atoms with E-state index < -0.39 is 5.91 Å². The van der Waals surface area contributed by atoms with E-state index in [1.807, 2.05) is 0 Å². The number of methoxy groups -OCH3 is 1. The van der Waals surface area contributed by atoms with Crippen molar-refractivity contribution in [2.75, 3.05) is 12.4 Å². The molecular formula is C14H16N2O2S. The Morgan fingerprint density at radius 3 is 2.79 bits per heavy atom. The zero-order valence-corrected chi connectivity index (χ0v) is 11.7. The Labute approximate surface area is 116 Å². The maximum atomic E-state index is 11.2. The molecule has 0 aliphatic carbocycles. The minimum atomic E-state index is -0.446. The third kappa shape index (κ3) is 3.06. The van der Waals surface area contributed by atoms with Crippen LogP contribution in [0.5, 0.6) is 5.75 Å². The molecule has 0 unspecified atom stereocenters. The van der Waals surface area contributed by atoms with Crippen LogP contribution in [0.15, 0.2) is 29.6 Å². The summed E-state index contributed by atoms with van der Waals surface area (Å²) in [7, 11) is 1.60. The summed E-state index contributed by atoms with van der Waals surface area (Å²) in [4.78, 5) is 12.5. The fraction of sp³-hybridized carbons (Fsp3) is 0.214. The SMILES string of the molecule is COc1ccc(C(N)=O)cc1NCc1sccc1C. The monoisotopic (exact) mass is 276 g/mol. The summed E-state index contributed by atoms with van der Waals surface area (Å²) in [5.41, 5.74) is 7.77. The Balaban J connectivity index is 2.20. The van der Waals surface area contributed by atoms with Crippen molar-refractivity contribution in [3.63, 3.8) is 0 Å². The largest absolute Gasteiger partial charge is 0.495 e. The first-order valence-corrected chi connectivity index (χ1v) is 6.74. The molecule has 0 bridgehead atoms. The van der Waals surface area contributed by atoms with Crippen LogP contribution in [0.3, 0.4) is 0 Å². The van der Waals surface area contributed by atoms with E-state index in [0.717, 1.165) is 5.69 Å². The molecule has 5 heteroatoms. The number of anilines is 1. The topological polar surface area (TPSA) is 64.3 Å². The molecule has 0 atom stereocenters. The van der Waals surface area contributed by atoms with Crippen molar-refractivity contribution < 1.29 is 9.53 Å². The predicted octanol–water partition coefficient (Wildman–Crippen LogP) is 2.78. The van der Waals surface area contributed by atoms with E-state index in [1.54, 1.807) is 36.6 Å². The van der Waals surface area contributed by atoms with Gasteiger partial charge in [0.25, 0.3) is 0 Å². The van der Waals surface area contributed by atoms with Crippen LogP contribution in [0.1, 0.15) is 20.8 Å². The number of amides is 1. The lowest BCUT2D eigenvalue weighted by atomic mass is 10.1. The van der Waals surface area contributed by atoms with Crippen LogP contribution in [0.2, 0.25) is 0 Å². The van der Waals surface area contributed by atoms with E-state index in [2.05, 4.69) is 23.7 Å². The predicted molar refractivity (Wildman–Crippen MR) is 77.9 cm³/mol. The normalized spacial score (nSPS) is 10.2. The van der Waals surface area contributed by atoms with Crippen molar-refractivity contribution in [3.8, 4) is 5.75 Å². The molecule has 1 aromatic carbocycles. The second-order valence-electron chi connectivity index (χ2n) is 4.16. The summed E-state index contributed by atoms with van der Waals surface area (Å²) in [6, 6.07) is 7.19. The van der Waals surface area contributed by atoms with Gasteiger partial charge in [0.2, 0.25) is 5.91 Å². The van der Waals surface area contributed by atoms with Crippen LogP contribution < -0.4 is 15.8 Å². The molecular weight excluding hydrogens is 260 g/mol. The zero-order valence-electron chi connectivity index (χ0n) is 10.9. The first kappa shape index (κ1) is 13.4. The quantitative estimate of drug-likeness (QED) is 0.882. The average molecular weight is 276 g/mol. The summed E-state index contributed by atoms with van der Waals surface area (Å²) in [6.07, 6.45) is 0. The van der Waals surface area contributed by atoms with Crippen molar-refractivity contribution in [1.82, 2.24) is 0 Å². The molecule has 1 amide bonds. The van der Waals surface area contributed by atoms with Gasteiger partial charge in [-0.25, -0.2) is 0 Å². The van der Waals surface area contributed by atoms with Gasteiger partial charge in [0.1, 0.15) is 5.75 Å². The van der Waals surface area contributed by atoms with E-state index >= 15 is 0 Å². The number of nitrogens with one attached hydrogen (secondary N) is 1. The number of thiophene rings is 1. The van der Waals surface area contributed by atoms with E-state index in [9.17, 15) is 4.79 Å². The number of primary amides is 1. The van der Waals surface area contributed by atoms with Gasteiger partial charge >= 0.3 is 0 Å². The zero-order chi connectivity index (χ0) is 13.8. The van der Waals surface area contributed by atoms with E-state index in [4.69, 9.17) is 10.5 Å². The molecule has 100 valence electrons. The molecule has 2 rings (SSSR count). The number of benzene rings is 1. The molecule has 1 heterocycles. The van der Waals surface area contributed by atoms with Crippen molar-refractivity contribution in [3.05, 3.63) is 45.6 Å². The van der Waals surface area contributed by atoms with Gasteiger partial charge in [0.15, 0.2) is 0 Å². The Morgan fingerprint density at radius 2 is 2.21 bits per heavy atom. The van der Waals surface area contributed by atoms with Gasteiger partial charge in [-0.05, 0) is 42.1 Å². The number of nitrogens with two attached hydrogens (primary N) is 1.